The second-order valence-electron chi connectivity index (χ2n) is 5.10. The van der Waals surface area contributed by atoms with Gasteiger partial charge < -0.3 is 20.7 Å². The van der Waals surface area contributed by atoms with Crippen molar-refractivity contribution in [3.05, 3.63) is 40.7 Å². The third-order valence-electron chi connectivity index (χ3n) is 3.30. The van der Waals surface area contributed by atoms with Gasteiger partial charge in [-0.05, 0) is 12.1 Å². The van der Waals surface area contributed by atoms with Crippen molar-refractivity contribution in [2.24, 2.45) is 0 Å². The quantitative estimate of drug-likeness (QED) is 0.467. The van der Waals surface area contributed by atoms with Crippen LogP contribution in [0.5, 0.6) is 0 Å². The van der Waals surface area contributed by atoms with Crippen LogP contribution < -0.4 is 16.6 Å². The molecule has 0 bridgehead atoms. The molecular weight excluding hydrogens is 344 g/mol. The van der Waals surface area contributed by atoms with Crippen LogP contribution in [0.2, 0.25) is 0 Å². The average molecular weight is 360 g/mol. The first kappa shape index (κ1) is 17.0. The number of fused-ring (bicyclic) bond motifs is 1. The van der Waals surface area contributed by atoms with Gasteiger partial charge in [0.15, 0.2) is 16.3 Å². The molecule has 0 aliphatic heterocycles. The maximum atomic E-state index is 12.1. The predicted molar refractivity (Wildman–Crippen MR) is 95.4 cm³/mol. The van der Waals surface area contributed by atoms with Gasteiger partial charge in [0.25, 0.3) is 5.56 Å². The number of hydrogen-bond acceptors (Lipinski definition) is 7. The number of benzene rings is 1. The second-order valence-corrected chi connectivity index (χ2v) is 6.04. The maximum absolute atomic E-state index is 12.1. The van der Waals surface area contributed by atoms with Gasteiger partial charge in [-0.25, -0.2) is 4.98 Å². The van der Waals surface area contributed by atoms with Gasteiger partial charge in [-0.15, -0.1) is 0 Å². The van der Waals surface area contributed by atoms with Crippen LogP contribution in [-0.2, 0) is 11.3 Å². The summed E-state index contributed by atoms with van der Waals surface area (Å²) >= 11 is 1.15. The number of aromatic nitrogens is 4. The van der Waals surface area contributed by atoms with Crippen molar-refractivity contribution < 1.29 is 9.90 Å². The van der Waals surface area contributed by atoms with Gasteiger partial charge >= 0.3 is 0 Å². The van der Waals surface area contributed by atoms with Gasteiger partial charge in [0, 0.05) is 12.2 Å². The van der Waals surface area contributed by atoms with E-state index in [-0.39, 0.29) is 41.9 Å². The number of nitrogens with two attached hydrogens (primary N) is 1. The fraction of sp³-hybridized carbons (Fsp3) is 0.200. The van der Waals surface area contributed by atoms with Crippen LogP contribution >= 0.6 is 11.8 Å². The summed E-state index contributed by atoms with van der Waals surface area (Å²) in [6, 6.07) is 9.08. The summed E-state index contributed by atoms with van der Waals surface area (Å²) in [7, 11) is 0. The Morgan fingerprint density at radius 1 is 1.32 bits per heavy atom. The van der Waals surface area contributed by atoms with E-state index in [4.69, 9.17) is 5.73 Å². The minimum absolute atomic E-state index is 0.0324. The lowest BCUT2D eigenvalue weighted by Gasteiger charge is -2.07. The van der Waals surface area contributed by atoms with Gasteiger partial charge in [-0.3, -0.25) is 14.6 Å². The molecule has 5 N–H and O–H groups in total. The number of rotatable bonds is 6. The number of thioether (sulfide) groups is 1. The topological polar surface area (TPSA) is 139 Å². The number of nitrogen functional groups attached to an aromatic ring is 1. The lowest BCUT2D eigenvalue weighted by Crippen LogP contribution is -2.15. The van der Waals surface area contributed by atoms with Crippen LogP contribution in [0.3, 0.4) is 0 Å². The number of nitrogens with zero attached hydrogens (tertiary/aromatic N) is 3. The Hall–Kier alpha value is -2.85. The third kappa shape index (κ3) is 3.80. The molecule has 2 aromatic heterocycles. The van der Waals surface area contributed by atoms with E-state index >= 15 is 0 Å². The van der Waals surface area contributed by atoms with E-state index in [2.05, 4.69) is 20.3 Å². The number of aromatic amines is 1. The summed E-state index contributed by atoms with van der Waals surface area (Å²) in [5.41, 5.74) is 6.20. The molecular formula is C15H16N6O3S. The second kappa shape index (κ2) is 7.36. The molecule has 0 spiro atoms. The first-order chi connectivity index (χ1) is 12.1. The number of H-pyrrole nitrogens is 1. The molecule has 10 heteroatoms. The molecule has 0 radical (unpaired) electrons. The van der Waals surface area contributed by atoms with Gasteiger partial charge in [0.05, 0.1) is 12.4 Å². The van der Waals surface area contributed by atoms with Crippen LogP contribution in [0, 0.1) is 0 Å². The van der Waals surface area contributed by atoms with E-state index in [0.717, 1.165) is 11.8 Å². The molecule has 2 heterocycles. The van der Waals surface area contributed by atoms with Crippen LogP contribution in [0.4, 0.5) is 11.6 Å². The van der Waals surface area contributed by atoms with Crippen LogP contribution in [0.1, 0.15) is 0 Å². The van der Waals surface area contributed by atoms with E-state index in [0.29, 0.717) is 10.8 Å². The highest BCUT2D eigenvalue weighted by Crippen LogP contribution is 2.21. The summed E-state index contributed by atoms with van der Waals surface area (Å²) in [4.78, 5) is 34.7. The van der Waals surface area contributed by atoms with Crippen molar-refractivity contribution in [1.82, 2.24) is 19.5 Å². The van der Waals surface area contributed by atoms with Crippen molar-refractivity contribution in [3.63, 3.8) is 0 Å². The fourth-order valence-corrected chi connectivity index (χ4v) is 3.09. The van der Waals surface area contributed by atoms with E-state index < -0.39 is 5.56 Å². The third-order valence-corrected chi connectivity index (χ3v) is 4.28. The number of anilines is 2. The predicted octanol–water partition coefficient (Wildman–Crippen LogP) is 0.425. The van der Waals surface area contributed by atoms with Crippen molar-refractivity contribution in [2.45, 2.75) is 11.7 Å². The molecule has 0 fully saturated rings. The molecule has 25 heavy (non-hydrogen) atoms. The molecule has 0 aliphatic carbocycles. The Bertz CT molecular complexity index is 953. The summed E-state index contributed by atoms with van der Waals surface area (Å²) in [5, 5.41) is 12.4. The SMILES string of the molecule is Nc1nc2c(nc(SCC(=O)Nc3ccccc3)n2CCO)c(=O)[nH]1. The molecule has 0 unspecified atom stereocenters. The standard InChI is InChI=1S/C15H16N6O3S/c16-14-19-12-11(13(24)20-14)18-15(21(12)6-7-22)25-8-10(23)17-9-4-2-1-3-5-9/h1-5,22H,6-8H2,(H,17,23)(H3,16,19,20,24). The number of aliphatic hydroxyl groups excluding tert-OH is 1. The van der Waals surface area contributed by atoms with Gasteiger partial charge in [0.2, 0.25) is 11.9 Å². The van der Waals surface area contributed by atoms with E-state index in [1.54, 1.807) is 16.7 Å². The zero-order valence-electron chi connectivity index (χ0n) is 13.1. The van der Waals surface area contributed by atoms with E-state index in [9.17, 15) is 14.7 Å². The summed E-state index contributed by atoms with van der Waals surface area (Å²) < 4.78 is 1.57. The van der Waals surface area contributed by atoms with Crippen LogP contribution in [0.15, 0.2) is 40.3 Å². The summed E-state index contributed by atoms with van der Waals surface area (Å²) in [6.07, 6.45) is 0. The smallest absolute Gasteiger partial charge is 0.280 e. The number of carbonyl (C=O) groups is 1. The number of carbonyl (C=O) groups excluding carboxylic acids is 1. The van der Waals surface area contributed by atoms with Gasteiger partial charge in [-0.2, -0.15) is 4.98 Å². The van der Waals surface area contributed by atoms with Crippen molar-refractivity contribution in [3.8, 4) is 0 Å². The number of aliphatic hydroxyl groups is 1. The van der Waals surface area contributed by atoms with Crippen molar-refractivity contribution in [1.29, 1.82) is 0 Å². The zero-order valence-corrected chi connectivity index (χ0v) is 13.9. The maximum Gasteiger partial charge on any atom is 0.280 e. The van der Waals surface area contributed by atoms with Gasteiger partial charge in [0.1, 0.15) is 0 Å². The first-order valence-electron chi connectivity index (χ1n) is 7.43. The molecule has 1 amide bonds. The minimum atomic E-state index is -0.463. The number of hydrogen-bond donors (Lipinski definition) is 4. The normalized spacial score (nSPS) is 10.9. The van der Waals surface area contributed by atoms with Gasteiger partial charge in [-0.1, -0.05) is 30.0 Å². The first-order valence-corrected chi connectivity index (χ1v) is 8.41. The fourth-order valence-electron chi connectivity index (χ4n) is 2.27. The number of nitrogens with one attached hydrogen (secondary N) is 2. The molecule has 0 atom stereocenters. The molecule has 130 valence electrons. The summed E-state index contributed by atoms with van der Waals surface area (Å²) in [5.74, 6) is -0.146. The molecule has 0 saturated heterocycles. The number of imidazole rings is 1. The molecule has 0 saturated carbocycles. The molecule has 3 rings (SSSR count). The molecule has 3 aromatic rings. The van der Waals surface area contributed by atoms with Crippen LogP contribution in [-0.4, -0.2) is 42.9 Å². The Labute approximate surface area is 146 Å². The zero-order chi connectivity index (χ0) is 17.8. The van der Waals surface area contributed by atoms with Crippen LogP contribution in [0.25, 0.3) is 11.2 Å². The molecule has 9 nitrogen and oxygen atoms in total. The molecule has 1 aromatic carbocycles. The van der Waals surface area contributed by atoms with E-state index in [1.165, 1.54) is 0 Å². The molecule has 0 aliphatic rings. The van der Waals surface area contributed by atoms with Crippen molar-refractivity contribution in [2.75, 3.05) is 23.4 Å². The van der Waals surface area contributed by atoms with Crippen molar-refractivity contribution >= 4 is 40.5 Å². The van der Waals surface area contributed by atoms with E-state index in [1.807, 2.05) is 18.2 Å². The highest BCUT2D eigenvalue weighted by Gasteiger charge is 2.17. The minimum Gasteiger partial charge on any atom is -0.395 e. The monoisotopic (exact) mass is 360 g/mol. The largest absolute Gasteiger partial charge is 0.395 e. The highest BCUT2D eigenvalue weighted by molar-refractivity contribution is 7.99. The Morgan fingerprint density at radius 3 is 2.80 bits per heavy atom. The average Bonchev–Trinajstić information content (AvgIpc) is 2.93. The Balaban J connectivity index is 1.81. The number of para-hydroxylation sites is 1. The summed E-state index contributed by atoms with van der Waals surface area (Å²) in [6.45, 7) is 0.0264. The lowest BCUT2D eigenvalue weighted by atomic mass is 10.3. The Kier molecular flexibility index (Phi) is 5.00. The lowest BCUT2D eigenvalue weighted by molar-refractivity contribution is -0.113. The number of amides is 1. The highest BCUT2D eigenvalue weighted by atomic mass is 32.2. The Morgan fingerprint density at radius 2 is 2.08 bits per heavy atom.